The van der Waals surface area contributed by atoms with Gasteiger partial charge in [-0.25, -0.2) is 4.79 Å². The van der Waals surface area contributed by atoms with E-state index in [1.807, 2.05) is 38.1 Å². The molecule has 0 aliphatic rings. The summed E-state index contributed by atoms with van der Waals surface area (Å²) in [6, 6.07) is 6.85. The third-order valence-corrected chi connectivity index (χ3v) is 5.09. The topological polar surface area (TPSA) is 66.4 Å². The van der Waals surface area contributed by atoms with Crippen LogP contribution in [0.25, 0.3) is 0 Å². The van der Waals surface area contributed by atoms with Crippen molar-refractivity contribution >= 4 is 39.6 Å². The average Bonchev–Trinajstić information content (AvgIpc) is 2.48. The SMILES string of the molecule is CCC(C)CC(NC(=O)C(C)Sc1ccc(Br)cc1)C(=O)O. The van der Waals surface area contributed by atoms with Gasteiger partial charge in [0.1, 0.15) is 6.04 Å². The number of amides is 1. The largest absolute Gasteiger partial charge is 0.480 e. The zero-order valence-electron chi connectivity index (χ0n) is 13.0. The minimum Gasteiger partial charge on any atom is -0.480 e. The smallest absolute Gasteiger partial charge is 0.326 e. The maximum atomic E-state index is 12.2. The van der Waals surface area contributed by atoms with Crippen LogP contribution < -0.4 is 5.32 Å². The van der Waals surface area contributed by atoms with Crippen LogP contribution in [0.1, 0.15) is 33.6 Å². The third kappa shape index (κ3) is 6.40. The van der Waals surface area contributed by atoms with Crippen molar-refractivity contribution in [3.63, 3.8) is 0 Å². The first-order valence-electron chi connectivity index (χ1n) is 7.28. The van der Waals surface area contributed by atoms with Crippen LogP contribution in [0.4, 0.5) is 0 Å². The van der Waals surface area contributed by atoms with Gasteiger partial charge in [0.2, 0.25) is 5.91 Å². The first-order chi connectivity index (χ1) is 10.3. The van der Waals surface area contributed by atoms with Gasteiger partial charge in [-0.05, 0) is 43.5 Å². The number of carboxylic acid groups (broad SMARTS) is 1. The Morgan fingerprint density at radius 2 is 1.86 bits per heavy atom. The highest BCUT2D eigenvalue weighted by atomic mass is 79.9. The minimum absolute atomic E-state index is 0.247. The highest BCUT2D eigenvalue weighted by molar-refractivity contribution is 9.10. The van der Waals surface area contributed by atoms with E-state index in [1.165, 1.54) is 11.8 Å². The molecule has 0 saturated heterocycles. The Kier molecular flexibility index (Phi) is 7.96. The van der Waals surface area contributed by atoms with Gasteiger partial charge >= 0.3 is 5.97 Å². The second-order valence-electron chi connectivity index (χ2n) is 5.36. The van der Waals surface area contributed by atoms with Gasteiger partial charge < -0.3 is 10.4 Å². The second kappa shape index (κ2) is 9.20. The number of hydrogen-bond donors (Lipinski definition) is 2. The quantitative estimate of drug-likeness (QED) is 0.663. The van der Waals surface area contributed by atoms with Gasteiger partial charge in [0.25, 0.3) is 0 Å². The molecule has 122 valence electrons. The van der Waals surface area contributed by atoms with Gasteiger partial charge in [0.15, 0.2) is 0 Å². The van der Waals surface area contributed by atoms with Crippen LogP contribution in [0.15, 0.2) is 33.6 Å². The van der Waals surface area contributed by atoms with Crippen molar-refractivity contribution in [1.82, 2.24) is 5.32 Å². The van der Waals surface area contributed by atoms with Gasteiger partial charge in [0, 0.05) is 9.37 Å². The zero-order chi connectivity index (χ0) is 16.7. The fraction of sp³-hybridized carbons (Fsp3) is 0.500. The number of carbonyl (C=O) groups excluding carboxylic acids is 1. The number of thioether (sulfide) groups is 1. The number of benzene rings is 1. The molecule has 0 spiro atoms. The molecular formula is C16H22BrNO3S. The maximum absolute atomic E-state index is 12.2. The Balaban J connectivity index is 2.60. The molecule has 0 aliphatic heterocycles. The molecule has 0 bridgehead atoms. The number of hydrogen-bond acceptors (Lipinski definition) is 3. The molecule has 1 amide bonds. The number of carboxylic acids is 1. The third-order valence-electron chi connectivity index (χ3n) is 3.45. The lowest BCUT2D eigenvalue weighted by Crippen LogP contribution is -2.44. The lowest BCUT2D eigenvalue weighted by molar-refractivity contribution is -0.142. The fourth-order valence-electron chi connectivity index (χ4n) is 1.85. The fourth-order valence-corrected chi connectivity index (χ4v) is 2.99. The van der Waals surface area contributed by atoms with E-state index in [4.69, 9.17) is 0 Å². The minimum atomic E-state index is -0.977. The lowest BCUT2D eigenvalue weighted by Gasteiger charge is -2.20. The maximum Gasteiger partial charge on any atom is 0.326 e. The molecule has 3 atom stereocenters. The Bertz CT molecular complexity index is 507. The molecule has 3 unspecified atom stereocenters. The molecule has 1 aromatic rings. The van der Waals surface area contributed by atoms with Crippen molar-refractivity contribution in [3.8, 4) is 0 Å². The van der Waals surface area contributed by atoms with Gasteiger partial charge in [0.05, 0.1) is 5.25 Å². The summed E-state index contributed by atoms with van der Waals surface area (Å²) in [7, 11) is 0. The van der Waals surface area contributed by atoms with Crippen LogP contribution in [-0.2, 0) is 9.59 Å². The van der Waals surface area contributed by atoms with Gasteiger partial charge in [-0.15, -0.1) is 11.8 Å². The number of aliphatic carboxylic acids is 1. The molecule has 0 aromatic heterocycles. The van der Waals surface area contributed by atoms with Crippen LogP contribution in [0, 0.1) is 5.92 Å². The summed E-state index contributed by atoms with van der Waals surface area (Å²) < 4.78 is 0.980. The second-order valence-corrected chi connectivity index (χ2v) is 7.69. The normalized spacial score (nSPS) is 14.9. The first kappa shape index (κ1) is 19.0. The highest BCUT2D eigenvalue weighted by Crippen LogP contribution is 2.25. The summed E-state index contributed by atoms with van der Waals surface area (Å²) in [5, 5.41) is 11.5. The monoisotopic (exact) mass is 387 g/mol. The standard InChI is InChI=1S/C16H22BrNO3S/c1-4-10(2)9-14(16(20)21)18-15(19)11(3)22-13-7-5-12(17)6-8-13/h5-8,10-11,14H,4,9H2,1-3H3,(H,18,19)(H,20,21). The average molecular weight is 388 g/mol. The summed E-state index contributed by atoms with van der Waals surface area (Å²) >= 11 is 4.78. The van der Waals surface area contributed by atoms with Crippen molar-refractivity contribution in [1.29, 1.82) is 0 Å². The van der Waals surface area contributed by atoms with Crippen molar-refractivity contribution in [3.05, 3.63) is 28.7 Å². The van der Waals surface area contributed by atoms with Crippen molar-refractivity contribution in [2.75, 3.05) is 0 Å². The zero-order valence-corrected chi connectivity index (χ0v) is 15.4. The molecule has 0 aliphatic carbocycles. The molecule has 2 N–H and O–H groups in total. The summed E-state index contributed by atoms with van der Waals surface area (Å²) in [5.41, 5.74) is 0. The Labute approximate surface area is 144 Å². The number of halogens is 1. The summed E-state index contributed by atoms with van der Waals surface area (Å²) in [6.07, 6.45) is 1.34. The number of nitrogens with one attached hydrogen (secondary N) is 1. The van der Waals surface area contributed by atoms with E-state index >= 15 is 0 Å². The molecule has 1 rings (SSSR count). The van der Waals surface area contributed by atoms with Crippen molar-refractivity contribution in [2.45, 2.75) is 49.8 Å². The van der Waals surface area contributed by atoms with Crippen molar-refractivity contribution in [2.24, 2.45) is 5.92 Å². The van der Waals surface area contributed by atoms with Crippen LogP contribution in [0.5, 0.6) is 0 Å². The summed E-state index contributed by atoms with van der Waals surface area (Å²) in [5.74, 6) is -0.964. The van der Waals surface area contributed by atoms with Gasteiger partial charge in [-0.1, -0.05) is 36.2 Å². The molecule has 0 radical (unpaired) electrons. The first-order valence-corrected chi connectivity index (χ1v) is 8.96. The predicted octanol–water partition coefficient (Wildman–Crippen LogP) is 3.94. The Hall–Kier alpha value is -1.01. The van der Waals surface area contributed by atoms with E-state index in [2.05, 4.69) is 21.2 Å². The summed E-state index contributed by atoms with van der Waals surface area (Å²) in [4.78, 5) is 24.4. The molecule has 1 aromatic carbocycles. The Morgan fingerprint density at radius 3 is 2.36 bits per heavy atom. The molecular weight excluding hydrogens is 366 g/mol. The van der Waals surface area contributed by atoms with E-state index in [1.54, 1.807) is 6.92 Å². The predicted molar refractivity (Wildman–Crippen MR) is 93.1 cm³/mol. The van der Waals surface area contributed by atoms with E-state index in [-0.39, 0.29) is 17.1 Å². The molecule has 0 heterocycles. The van der Waals surface area contributed by atoms with E-state index < -0.39 is 12.0 Å². The molecule has 4 nitrogen and oxygen atoms in total. The Morgan fingerprint density at radius 1 is 1.27 bits per heavy atom. The number of carbonyl (C=O) groups is 2. The lowest BCUT2D eigenvalue weighted by atomic mass is 9.99. The van der Waals surface area contributed by atoms with Crippen LogP contribution >= 0.6 is 27.7 Å². The van der Waals surface area contributed by atoms with E-state index in [0.29, 0.717) is 6.42 Å². The highest BCUT2D eigenvalue weighted by Gasteiger charge is 2.24. The molecule has 22 heavy (non-hydrogen) atoms. The molecule has 6 heteroatoms. The number of rotatable bonds is 8. The van der Waals surface area contributed by atoms with Crippen molar-refractivity contribution < 1.29 is 14.7 Å². The van der Waals surface area contributed by atoms with Crippen LogP contribution in [0.3, 0.4) is 0 Å². The van der Waals surface area contributed by atoms with Gasteiger partial charge in [-0.2, -0.15) is 0 Å². The summed E-state index contributed by atoms with van der Waals surface area (Å²) in [6.45, 7) is 5.78. The molecule has 0 saturated carbocycles. The van der Waals surface area contributed by atoms with Crippen LogP contribution in [-0.4, -0.2) is 28.3 Å². The van der Waals surface area contributed by atoms with E-state index in [9.17, 15) is 14.7 Å². The van der Waals surface area contributed by atoms with Gasteiger partial charge in [-0.3, -0.25) is 4.79 Å². The van der Waals surface area contributed by atoms with E-state index in [0.717, 1.165) is 15.8 Å². The molecule has 0 fully saturated rings. The van der Waals surface area contributed by atoms with Crippen LogP contribution in [0.2, 0.25) is 0 Å².